The fourth-order valence-electron chi connectivity index (χ4n) is 5.41. The molecule has 3 aliphatic rings. The quantitative estimate of drug-likeness (QED) is 0.733. The molecule has 0 spiro atoms. The second-order valence-corrected chi connectivity index (χ2v) is 8.33. The van der Waals surface area contributed by atoms with Gasteiger partial charge in [0.1, 0.15) is 17.0 Å². The predicted octanol–water partition coefficient (Wildman–Crippen LogP) is 3.89. The summed E-state index contributed by atoms with van der Waals surface area (Å²) in [7, 11) is 0. The molecule has 2 fully saturated rings. The van der Waals surface area contributed by atoms with Gasteiger partial charge in [0.05, 0.1) is 0 Å². The SMILES string of the molecule is C[C@H]1CCc2cc(F)ccc2N1C(=O)[C@@]12CC[C@H](CC1=O)C2(C)C. The third kappa shape index (κ3) is 1.77. The molecule has 24 heavy (non-hydrogen) atoms. The average Bonchev–Trinajstić information content (AvgIpc) is 2.89. The maximum Gasteiger partial charge on any atom is 0.241 e. The largest absolute Gasteiger partial charge is 0.308 e. The Hall–Kier alpha value is -1.71. The van der Waals surface area contributed by atoms with Crippen LogP contribution in [0.1, 0.15) is 52.0 Å². The van der Waals surface area contributed by atoms with E-state index >= 15 is 0 Å². The molecule has 1 aromatic carbocycles. The summed E-state index contributed by atoms with van der Waals surface area (Å²) < 4.78 is 13.6. The molecule has 1 aromatic rings. The molecule has 0 N–H and O–H groups in total. The molecule has 0 unspecified atom stereocenters. The molecule has 1 heterocycles. The normalized spacial score (nSPS) is 33.7. The summed E-state index contributed by atoms with van der Waals surface area (Å²) in [6.45, 7) is 6.18. The van der Waals surface area contributed by atoms with Crippen LogP contribution < -0.4 is 4.90 Å². The highest BCUT2D eigenvalue weighted by Gasteiger charge is 2.69. The lowest BCUT2D eigenvalue weighted by atomic mass is 9.67. The standard InChI is InChI=1S/C20H24FNO2/c1-12-4-5-13-10-15(21)6-7-16(13)22(12)18(24)20-9-8-14(11-17(20)23)19(20,2)3/h6-7,10,12,14H,4-5,8-9,11H2,1-3H3/t12-,14+,20+/m0/s1. The summed E-state index contributed by atoms with van der Waals surface area (Å²) in [5, 5.41) is 0. The van der Waals surface area contributed by atoms with Crippen molar-refractivity contribution in [1.82, 2.24) is 0 Å². The van der Waals surface area contributed by atoms with E-state index in [9.17, 15) is 14.0 Å². The Bertz CT molecular complexity index is 741. The number of hydrogen-bond donors (Lipinski definition) is 0. The van der Waals surface area contributed by atoms with Crippen molar-refractivity contribution in [3.05, 3.63) is 29.6 Å². The van der Waals surface area contributed by atoms with Gasteiger partial charge in [0.2, 0.25) is 5.91 Å². The van der Waals surface area contributed by atoms with Crippen LogP contribution >= 0.6 is 0 Å². The number of Topliss-reactive ketones (excluding diaryl/α,β-unsaturated/α-hetero) is 1. The van der Waals surface area contributed by atoms with Gasteiger partial charge in [-0.25, -0.2) is 4.39 Å². The van der Waals surface area contributed by atoms with Crippen LogP contribution in [0.15, 0.2) is 18.2 Å². The summed E-state index contributed by atoms with van der Waals surface area (Å²) in [6, 6.07) is 4.67. The molecule has 3 atom stereocenters. The van der Waals surface area contributed by atoms with Gasteiger partial charge in [-0.05, 0) is 67.7 Å². The Morgan fingerprint density at radius 3 is 2.67 bits per heavy atom. The summed E-state index contributed by atoms with van der Waals surface area (Å²) in [6.07, 6.45) is 3.70. The number of carbonyl (C=O) groups excluding carboxylic acids is 2. The second kappa shape index (κ2) is 4.90. The number of hydrogen-bond acceptors (Lipinski definition) is 2. The molecule has 3 nitrogen and oxygen atoms in total. The Labute approximate surface area is 142 Å². The molecule has 0 aromatic heterocycles. The Balaban J connectivity index is 1.82. The molecular weight excluding hydrogens is 305 g/mol. The van der Waals surface area contributed by atoms with E-state index in [0.717, 1.165) is 30.5 Å². The molecule has 0 radical (unpaired) electrons. The van der Waals surface area contributed by atoms with Gasteiger partial charge < -0.3 is 4.90 Å². The number of anilines is 1. The third-order valence-electron chi connectivity index (χ3n) is 7.05. The van der Waals surface area contributed by atoms with Gasteiger partial charge in [-0.15, -0.1) is 0 Å². The Morgan fingerprint density at radius 1 is 1.29 bits per heavy atom. The molecule has 128 valence electrons. The number of rotatable bonds is 1. The van der Waals surface area contributed by atoms with Crippen LogP contribution in [-0.2, 0) is 16.0 Å². The van der Waals surface area contributed by atoms with Gasteiger partial charge in [0.25, 0.3) is 0 Å². The third-order valence-corrected chi connectivity index (χ3v) is 7.05. The van der Waals surface area contributed by atoms with Crippen molar-refractivity contribution in [3.63, 3.8) is 0 Å². The number of halogens is 1. The van der Waals surface area contributed by atoms with Gasteiger partial charge in [-0.1, -0.05) is 13.8 Å². The molecule has 1 amide bonds. The van der Waals surface area contributed by atoms with E-state index in [2.05, 4.69) is 13.8 Å². The molecule has 2 aliphatic carbocycles. The zero-order valence-electron chi connectivity index (χ0n) is 14.6. The topological polar surface area (TPSA) is 37.4 Å². The highest BCUT2D eigenvalue weighted by molar-refractivity contribution is 6.15. The fraction of sp³-hybridized carbons (Fsp3) is 0.600. The molecule has 2 bridgehead atoms. The van der Waals surface area contributed by atoms with Crippen molar-refractivity contribution in [2.24, 2.45) is 16.7 Å². The summed E-state index contributed by atoms with van der Waals surface area (Å²) in [5.74, 6) is 0.0848. The zero-order valence-corrected chi connectivity index (χ0v) is 14.6. The number of nitrogens with zero attached hydrogens (tertiary/aromatic N) is 1. The first-order valence-corrected chi connectivity index (χ1v) is 8.94. The van der Waals surface area contributed by atoms with Crippen LogP contribution in [0.2, 0.25) is 0 Å². The van der Waals surface area contributed by atoms with E-state index < -0.39 is 5.41 Å². The first-order chi connectivity index (χ1) is 11.3. The van der Waals surface area contributed by atoms with Gasteiger partial charge in [0.15, 0.2) is 0 Å². The fourth-order valence-corrected chi connectivity index (χ4v) is 5.41. The summed E-state index contributed by atoms with van der Waals surface area (Å²) >= 11 is 0. The van der Waals surface area contributed by atoms with Crippen molar-refractivity contribution < 1.29 is 14.0 Å². The summed E-state index contributed by atoms with van der Waals surface area (Å²) in [5.41, 5.74) is 0.470. The van der Waals surface area contributed by atoms with Crippen molar-refractivity contribution in [2.45, 2.75) is 58.9 Å². The number of ketones is 1. The maximum atomic E-state index is 13.7. The Kier molecular flexibility index (Phi) is 3.23. The molecule has 2 saturated carbocycles. The van der Waals surface area contributed by atoms with E-state index in [1.54, 1.807) is 11.0 Å². The molecule has 1 aliphatic heterocycles. The number of aryl methyl sites for hydroxylation is 1. The smallest absolute Gasteiger partial charge is 0.241 e. The minimum Gasteiger partial charge on any atom is -0.308 e. The van der Waals surface area contributed by atoms with E-state index in [1.165, 1.54) is 12.1 Å². The van der Waals surface area contributed by atoms with E-state index in [1.807, 2.05) is 6.92 Å². The minimum atomic E-state index is -0.894. The number of fused-ring (bicyclic) bond motifs is 3. The van der Waals surface area contributed by atoms with E-state index in [-0.39, 0.29) is 29.0 Å². The molecule has 4 rings (SSSR count). The van der Waals surface area contributed by atoms with Crippen molar-refractivity contribution >= 4 is 17.4 Å². The van der Waals surface area contributed by atoms with Gasteiger partial charge >= 0.3 is 0 Å². The first-order valence-electron chi connectivity index (χ1n) is 8.94. The Morgan fingerprint density at radius 2 is 2.04 bits per heavy atom. The van der Waals surface area contributed by atoms with E-state index in [0.29, 0.717) is 18.8 Å². The number of carbonyl (C=O) groups is 2. The van der Waals surface area contributed by atoms with Gasteiger partial charge in [0, 0.05) is 18.2 Å². The number of benzene rings is 1. The highest BCUT2D eigenvalue weighted by Crippen LogP contribution is 2.64. The van der Waals surface area contributed by atoms with Crippen molar-refractivity contribution in [2.75, 3.05) is 4.90 Å². The minimum absolute atomic E-state index is 0.0353. The monoisotopic (exact) mass is 329 g/mol. The highest BCUT2D eigenvalue weighted by atomic mass is 19.1. The van der Waals surface area contributed by atoms with Gasteiger partial charge in [-0.3, -0.25) is 9.59 Å². The molecule has 0 saturated heterocycles. The van der Waals surface area contributed by atoms with Crippen LogP contribution in [0.25, 0.3) is 0 Å². The first kappa shape index (κ1) is 15.8. The van der Waals surface area contributed by atoms with Crippen molar-refractivity contribution in [3.8, 4) is 0 Å². The van der Waals surface area contributed by atoms with Crippen LogP contribution in [0, 0.1) is 22.6 Å². The van der Waals surface area contributed by atoms with Crippen LogP contribution in [-0.4, -0.2) is 17.7 Å². The zero-order chi connectivity index (χ0) is 17.3. The van der Waals surface area contributed by atoms with E-state index in [4.69, 9.17) is 0 Å². The lowest BCUT2D eigenvalue weighted by Crippen LogP contribution is -2.55. The average molecular weight is 329 g/mol. The predicted molar refractivity (Wildman–Crippen MR) is 90.2 cm³/mol. The summed E-state index contributed by atoms with van der Waals surface area (Å²) in [4.78, 5) is 28.3. The van der Waals surface area contributed by atoms with Gasteiger partial charge in [-0.2, -0.15) is 0 Å². The maximum absolute atomic E-state index is 13.7. The second-order valence-electron chi connectivity index (χ2n) is 8.33. The van der Waals surface area contributed by atoms with Crippen LogP contribution in [0.3, 0.4) is 0 Å². The number of amides is 1. The molecular formula is C20H24FNO2. The lowest BCUT2D eigenvalue weighted by molar-refractivity contribution is -0.143. The van der Waals surface area contributed by atoms with Crippen molar-refractivity contribution in [1.29, 1.82) is 0 Å². The molecule has 4 heteroatoms. The lowest BCUT2D eigenvalue weighted by Gasteiger charge is -2.43. The van der Waals surface area contributed by atoms with Crippen LogP contribution in [0.4, 0.5) is 10.1 Å². The van der Waals surface area contributed by atoms with Crippen LogP contribution in [0.5, 0.6) is 0 Å².